The summed E-state index contributed by atoms with van der Waals surface area (Å²) in [7, 11) is -2.26. The summed E-state index contributed by atoms with van der Waals surface area (Å²) in [4.78, 5) is 22.3. The number of aliphatic hydroxyl groups excluding tert-OH is 1. The molecule has 178 valence electrons. The van der Waals surface area contributed by atoms with Gasteiger partial charge >= 0.3 is 0 Å². The first-order valence-corrected chi connectivity index (χ1v) is 12.2. The summed E-state index contributed by atoms with van der Waals surface area (Å²) in [6.07, 6.45) is 7.55. The maximum atomic E-state index is 13.5. The molecule has 0 bridgehead atoms. The molecule has 1 amide bonds. The number of ether oxygens (including phenoxy) is 1. The monoisotopic (exact) mass is 474 g/mol. The molecule has 0 unspecified atom stereocenters. The summed E-state index contributed by atoms with van der Waals surface area (Å²) in [6, 6.07) is 4.31. The number of sulfonamides is 1. The Morgan fingerprint density at radius 2 is 2.15 bits per heavy atom. The zero-order valence-electron chi connectivity index (χ0n) is 19.2. The van der Waals surface area contributed by atoms with Crippen LogP contribution in [0.25, 0.3) is 6.08 Å². The van der Waals surface area contributed by atoms with Gasteiger partial charge in [0.15, 0.2) is 0 Å². The van der Waals surface area contributed by atoms with E-state index in [1.807, 2.05) is 26.0 Å². The maximum Gasteiger partial charge on any atom is 0.273 e. The molecular formula is C23H30N4O5S. The molecule has 2 aromatic rings. The number of benzene rings is 1. The van der Waals surface area contributed by atoms with Gasteiger partial charge in [-0.1, -0.05) is 25.1 Å². The zero-order chi connectivity index (χ0) is 24.2. The van der Waals surface area contributed by atoms with E-state index >= 15 is 0 Å². The number of hydrogen-bond acceptors (Lipinski definition) is 7. The lowest BCUT2D eigenvalue weighted by Crippen LogP contribution is -2.50. The number of amides is 1. The highest BCUT2D eigenvalue weighted by molar-refractivity contribution is 7.89. The van der Waals surface area contributed by atoms with E-state index in [4.69, 9.17) is 4.74 Å². The lowest BCUT2D eigenvalue weighted by molar-refractivity contribution is 0.0559. The normalized spacial score (nSPS) is 21.5. The molecule has 1 aliphatic rings. The molecule has 3 rings (SSSR count). The largest absolute Gasteiger partial charge is 0.487 e. The van der Waals surface area contributed by atoms with Crippen LogP contribution in [0.3, 0.4) is 0 Å². The molecule has 33 heavy (non-hydrogen) atoms. The molecule has 1 aromatic carbocycles. The molecule has 2 heterocycles. The van der Waals surface area contributed by atoms with Crippen LogP contribution in [0.15, 0.2) is 47.8 Å². The van der Waals surface area contributed by atoms with Crippen molar-refractivity contribution in [1.82, 2.24) is 19.2 Å². The van der Waals surface area contributed by atoms with Crippen molar-refractivity contribution in [2.24, 2.45) is 5.92 Å². The number of hydrogen-bond donors (Lipinski definition) is 1. The van der Waals surface area contributed by atoms with Crippen LogP contribution in [0.1, 0.15) is 36.8 Å². The van der Waals surface area contributed by atoms with Gasteiger partial charge in [0.25, 0.3) is 5.91 Å². The SMILES string of the molecule is CC=Cc1ccc2c(c1)O[C@@H](CN(C)C(=O)c1cnccn1)[C@H](C)CN([C@@H](C)CO)S2(=O)=O. The molecule has 0 saturated heterocycles. The highest BCUT2D eigenvalue weighted by Crippen LogP contribution is 2.34. The first kappa shape index (κ1) is 24.8. The lowest BCUT2D eigenvalue weighted by Gasteiger charge is -2.37. The smallest absolute Gasteiger partial charge is 0.273 e. The van der Waals surface area contributed by atoms with Crippen LogP contribution in [-0.2, 0) is 10.0 Å². The topological polar surface area (TPSA) is 113 Å². The first-order chi connectivity index (χ1) is 15.7. The van der Waals surface area contributed by atoms with Crippen molar-refractivity contribution >= 4 is 22.0 Å². The number of allylic oxidation sites excluding steroid dienone is 1. The fraction of sp³-hybridized carbons (Fsp3) is 0.435. The molecule has 0 spiro atoms. The van der Waals surface area contributed by atoms with Gasteiger partial charge in [0, 0.05) is 37.9 Å². The number of rotatable bonds is 6. The number of likely N-dealkylation sites (N-methyl/N-ethyl adjacent to an activating group) is 1. The van der Waals surface area contributed by atoms with E-state index in [-0.39, 0.29) is 47.9 Å². The minimum absolute atomic E-state index is 0.0378. The number of aliphatic hydroxyl groups is 1. The second kappa shape index (κ2) is 10.4. The van der Waals surface area contributed by atoms with Crippen LogP contribution in [0.2, 0.25) is 0 Å². The van der Waals surface area contributed by atoms with Crippen molar-refractivity contribution < 1.29 is 23.1 Å². The predicted molar refractivity (Wildman–Crippen MR) is 124 cm³/mol. The van der Waals surface area contributed by atoms with E-state index < -0.39 is 22.2 Å². The highest BCUT2D eigenvalue weighted by Gasteiger charge is 2.38. The van der Waals surface area contributed by atoms with Crippen molar-refractivity contribution in [3.05, 3.63) is 54.1 Å². The van der Waals surface area contributed by atoms with Crippen molar-refractivity contribution in [2.75, 3.05) is 26.7 Å². The third kappa shape index (κ3) is 5.40. The number of nitrogens with zero attached hydrogens (tertiary/aromatic N) is 4. The Bertz CT molecular complexity index is 1110. The standard InChI is InChI=1S/C23H30N4O5S/c1-5-6-18-7-8-22-20(11-18)32-21(14-26(4)23(29)19-12-24-9-10-25-19)16(2)13-27(17(3)15-28)33(22,30)31/h5-12,16-17,21,28H,13-15H2,1-4H3/t16-,17+,21+/m1/s1. The van der Waals surface area contributed by atoms with Gasteiger partial charge in [-0.05, 0) is 31.5 Å². The predicted octanol–water partition coefficient (Wildman–Crippen LogP) is 2.05. The maximum absolute atomic E-state index is 13.5. The van der Waals surface area contributed by atoms with Gasteiger partial charge in [-0.3, -0.25) is 9.78 Å². The van der Waals surface area contributed by atoms with E-state index in [1.54, 1.807) is 26.1 Å². The summed E-state index contributed by atoms with van der Waals surface area (Å²) < 4.78 is 34.5. The lowest BCUT2D eigenvalue weighted by atomic mass is 10.0. The van der Waals surface area contributed by atoms with Crippen LogP contribution in [0.5, 0.6) is 5.75 Å². The van der Waals surface area contributed by atoms with Crippen molar-refractivity contribution in [2.45, 2.75) is 37.8 Å². The minimum atomic E-state index is -3.90. The summed E-state index contributed by atoms with van der Waals surface area (Å²) in [6.45, 7) is 5.45. The molecule has 1 aliphatic heterocycles. The van der Waals surface area contributed by atoms with Gasteiger partial charge in [0.2, 0.25) is 10.0 Å². The van der Waals surface area contributed by atoms with Crippen molar-refractivity contribution in [1.29, 1.82) is 0 Å². The van der Waals surface area contributed by atoms with E-state index in [0.29, 0.717) is 0 Å². The second-order valence-corrected chi connectivity index (χ2v) is 10.1. The number of aromatic nitrogens is 2. The van der Waals surface area contributed by atoms with Crippen LogP contribution in [0.4, 0.5) is 0 Å². The molecule has 0 saturated carbocycles. The van der Waals surface area contributed by atoms with Crippen LogP contribution >= 0.6 is 0 Å². The zero-order valence-corrected chi connectivity index (χ0v) is 20.1. The van der Waals surface area contributed by atoms with Crippen molar-refractivity contribution in [3.63, 3.8) is 0 Å². The summed E-state index contributed by atoms with van der Waals surface area (Å²) in [5.74, 6) is -0.362. The van der Waals surface area contributed by atoms with Gasteiger partial charge in [0.1, 0.15) is 22.4 Å². The molecule has 0 fully saturated rings. The van der Waals surface area contributed by atoms with Crippen molar-refractivity contribution in [3.8, 4) is 5.75 Å². The Morgan fingerprint density at radius 3 is 2.79 bits per heavy atom. The molecule has 3 atom stereocenters. The van der Waals surface area contributed by atoms with Crippen LogP contribution < -0.4 is 4.74 Å². The molecule has 9 nitrogen and oxygen atoms in total. The van der Waals surface area contributed by atoms with E-state index in [0.717, 1.165) is 5.56 Å². The Balaban J connectivity index is 2.01. The van der Waals surface area contributed by atoms with Gasteiger partial charge in [0.05, 0.1) is 19.3 Å². The summed E-state index contributed by atoms with van der Waals surface area (Å²) in [5.41, 5.74) is 1.01. The number of fused-ring (bicyclic) bond motifs is 1. The van der Waals surface area contributed by atoms with E-state index in [9.17, 15) is 18.3 Å². The Kier molecular flexibility index (Phi) is 7.83. The molecular weight excluding hydrogens is 444 g/mol. The van der Waals surface area contributed by atoms with E-state index in [2.05, 4.69) is 9.97 Å². The first-order valence-electron chi connectivity index (χ1n) is 10.8. The molecule has 0 radical (unpaired) electrons. The summed E-state index contributed by atoms with van der Waals surface area (Å²) >= 11 is 0. The van der Waals surface area contributed by atoms with E-state index in [1.165, 1.54) is 33.9 Å². The average molecular weight is 475 g/mol. The fourth-order valence-corrected chi connectivity index (χ4v) is 5.54. The minimum Gasteiger partial charge on any atom is -0.487 e. The van der Waals surface area contributed by atoms with Crippen LogP contribution in [-0.4, -0.2) is 77.5 Å². The molecule has 0 aliphatic carbocycles. The van der Waals surface area contributed by atoms with Gasteiger partial charge in [-0.25, -0.2) is 13.4 Å². The third-order valence-corrected chi connectivity index (χ3v) is 7.65. The number of carbonyl (C=O) groups excluding carboxylic acids is 1. The second-order valence-electron chi connectivity index (χ2n) is 8.22. The quantitative estimate of drug-likeness (QED) is 0.682. The molecule has 1 aromatic heterocycles. The van der Waals surface area contributed by atoms with Gasteiger partial charge < -0.3 is 14.7 Å². The molecule has 1 N–H and O–H groups in total. The van der Waals surface area contributed by atoms with Gasteiger partial charge in [-0.15, -0.1) is 0 Å². The fourth-order valence-electron chi connectivity index (χ4n) is 3.71. The third-order valence-electron chi connectivity index (χ3n) is 5.63. The Labute approximate surface area is 194 Å². The summed E-state index contributed by atoms with van der Waals surface area (Å²) in [5, 5.41) is 9.73. The highest BCUT2D eigenvalue weighted by atomic mass is 32.2. The van der Waals surface area contributed by atoms with Gasteiger partial charge in [-0.2, -0.15) is 4.31 Å². The van der Waals surface area contributed by atoms with Crippen LogP contribution in [0, 0.1) is 5.92 Å². The number of carbonyl (C=O) groups is 1. The Morgan fingerprint density at radius 1 is 1.39 bits per heavy atom. The molecule has 10 heteroatoms. The Hall–Kier alpha value is -2.82. The average Bonchev–Trinajstić information content (AvgIpc) is 2.81.